The van der Waals surface area contributed by atoms with Crippen LogP contribution in [0.25, 0.3) is 11.3 Å². The summed E-state index contributed by atoms with van der Waals surface area (Å²) in [6.45, 7) is 1.91. The number of ether oxygens (including phenoxy) is 1. The number of hydrogen-bond donors (Lipinski definition) is 0. The number of pyridine rings is 1. The van der Waals surface area contributed by atoms with Crippen molar-refractivity contribution in [3.8, 4) is 0 Å². The summed E-state index contributed by atoms with van der Waals surface area (Å²) in [6.07, 6.45) is 6.92. The number of imidazole rings is 1. The molecule has 0 aliphatic heterocycles. The normalized spacial score (nSPS) is 11.2. The van der Waals surface area contributed by atoms with Crippen molar-refractivity contribution in [2.45, 2.75) is 13.5 Å². The van der Waals surface area contributed by atoms with E-state index < -0.39 is 5.97 Å². The Morgan fingerprint density at radius 1 is 1.17 bits per heavy atom. The maximum Gasteiger partial charge on any atom is 0.344 e. The van der Waals surface area contributed by atoms with Crippen LogP contribution in [0.4, 0.5) is 0 Å². The third-order valence-corrected chi connectivity index (χ3v) is 3.64. The van der Waals surface area contributed by atoms with Crippen molar-refractivity contribution >= 4 is 17.3 Å². The molecule has 7 heteroatoms. The Kier molecular flexibility index (Phi) is 3.04. The summed E-state index contributed by atoms with van der Waals surface area (Å²) >= 11 is 0. The van der Waals surface area contributed by atoms with E-state index >= 15 is 0 Å². The van der Waals surface area contributed by atoms with Gasteiger partial charge in [-0.05, 0) is 25.1 Å². The molecule has 0 saturated heterocycles. The number of aryl methyl sites for hydroxylation is 1. The fourth-order valence-electron chi connectivity index (χ4n) is 2.57. The molecule has 4 rings (SSSR count). The first kappa shape index (κ1) is 13.4. The SMILES string of the molecule is Cc1nn2cccnc2c1C(=O)OCc1cccc2nccn12. The minimum absolute atomic E-state index is 0.149. The number of hydrogen-bond acceptors (Lipinski definition) is 5. The fraction of sp³-hybridized carbons (Fsp3) is 0.125. The summed E-state index contributed by atoms with van der Waals surface area (Å²) in [5.41, 5.74) is 3.14. The standard InChI is InChI=1S/C16H13N5O2/c1-11-14(15-18-6-3-8-21(15)19-11)16(22)23-10-12-4-2-5-13-17-7-9-20(12)13/h2-9H,10H2,1H3. The molecule has 0 saturated carbocycles. The van der Waals surface area contributed by atoms with Gasteiger partial charge < -0.3 is 9.14 Å². The predicted octanol–water partition coefficient (Wildman–Crippen LogP) is 2.04. The highest BCUT2D eigenvalue weighted by atomic mass is 16.5. The van der Waals surface area contributed by atoms with Crippen molar-refractivity contribution in [2.75, 3.05) is 0 Å². The highest BCUT2D eigenvalue weighted by Crippen LogP contribution is 2.15. The molecular formula is C16H13N5O2. The van der Waals surface area contributed by atoms with E-state index in [0.29, 0.717) is 16.9 Å². The Hall–Kier alpha value is -3.22. The van der Waals surface area contributed by atoms with Crippen LogP contribution in [0.15, 0.2) is 49.1 Å². The van der Waals surface area contributed by atoms with Crippen molar-refractivity contribution in [3.05, 3.63) is 66.0 Å². The monoisotopic (exact) mass is 307 g/mol. The zero-order chi connectivity index (χ0) is 15.8. The van der Waals surface area contributed by atoms with Crippen molar-refractivity contribution in [3.63, 3.8) is 0 Å². The van der Waals surface area contributed by atoms with Crippen molar-refractivity contribution < 1.29 is 9.53 Å². The van der Waals surface area contributed by atoms with Gasteiger partial charge in [0, 0.05) is 24.8 Å². The van der Waals surface area contributed by atoms with E-state index in [-0.39, 0.29) is 6.61 Å². The molecule has 0 aliphatic rings. The third-order valence-electron chi connectivity index (χ3n) is 3.64. The largest absolute Gasteiger partial charge is 0.456 e. The summed E-state index contributed by atoms with van der Waals surface area (Å²) < 4.78 is 8.91. The highest BCUT2D eigenvalue weighted by molar-refractivity contribution is 5.97. The first-order chi connectivity index (χ1) is 11.2. The molecule has 0 spiro atoms. The summed E-state index contributed by atoms with van der Waals surface area (Å²) in [5, 5.41) is 4.27. The van der Waals surface area contributed by atoms with Gasteiger partial charge in [-0.25, -0.2) is 19.3 Å². The lowest BCUT2D eigenvalue weighted by molar-refractivity contribution is 0.0467. The number of rotatable bonds is 3. The van der Waals surface area contributed by atoms with E-state index in [0.717, 1.165) is 11.3 Å². The van der Waals surface area contributed by atoms with E-state index in [2.05, 4.69) is 15.1 Å². The van der Waals surface area contributed by atoms with Crippen LogP contribution in [0.5, 0.6) is 0 Å². The lowest BCUT2D eigenvalue weighted by atomic mass is 10.2. The molecule has 0 aromatic carbocycles. The summed E-state index contributed by atoms with van der Waals surface area (Å²) in [7, 11) is 0. The van der Waals surface area contributed by atoms with Crippen LogP contribution in [0, 0.1) is 6.92 Å². The van der Waals surface area contributed by atoms with Gasteiger partial charge in [-0.3, -0.25) is 0 Å². The van der Waals surface area contributed by atoms with E-state index in [1.54, 1.807) is 36.1 Å². The van der Waals surface area contributed by atoms with Gasteiger partial charge in [0.05, 0.1) is 11.4 Å². The second kappa shape index (κ2) is 5.20. The Bertz CT molecular complexity index is 1020. The maximum absolute atomic E-state index is 12.4. The van der Waals surface area contributed by atoms with Crippen LogP contribution >= 0.6 is 0 Å². The summed E-state index contributed by atoms with van der Waals surface area (Å²) in [6, 6.07) is 7.43. The molecule has 0 N–H and O–H groups in total. The molecule has 7 nitrogen and oxygen atoms in total. The lowest BCUT2D eigenvalue weighted by Gasteiger charge is -2.07. The van der Waals surface area contributed by atoms with Crippen molar-refractivity contribution in [1.82, 2.24) is 24.0 Å². The van der Waals surface area contributed by atoms with Gasteiger partial charge in [0.2, 0.25) is 0 Å². The lowest BCUT2D eigenvalue weighted by Crippen LogP contribution is -2.09. The molecule has 4 aromatic rings. The number of carbonyl (C=O) groups excluding carboxylic acids is 1. The Morgan fingerprint density at radius 3 is 3.00 bits per heavy atom. The second-order valence-electron chi connectivity index (χ2n) is 5.10. The maximum atomic E-state index is 12.4. The average molecular weight is 307 g/mol. The summed E-state index contributed by atoms with van der Waals surface area (Å²) in [5.74, 6) is -0.437. The minimum atomic E-state index is -0.437. The van der Waals surface area contributed by atoms with E-state index in [9.17, 15) is 4.79 Å². The molecule has 0 bridgehead atoms. The van der Waals surface area contributed by atoms with Crippen LogP contribution in [-0.2, 0) is 11.3 Å². The van der Waals surface area contributed by atoms with Gasteiger partial charge in [0.1, 0.15) is 17.8 Å². The topological polar surface area (TPSA) is 73.8 Å². The molecule has 0 amide bonds. The van der Waals surface area contributed by atoms with Crippen LogP contribution in [0.1, 0.15) is 21.7 Å². The van der Waals surface area contributed by atoms with E-state index in [4.69, 9.17) is 4.74 Å². The Balaban J connectivity index is 1.63. The minimum Gasteiger partial charge on any atom is -0.456 e. The molecule has 0 aliphatic carbocycles. The molecule has 4 heterocycles. The number of fused-ring (bicyclic) bond motifs is 2. The Labute approximate surface area is 131 Å². The zero-order valence-electron chi connectivity index (χ0n) is 12.4. The number of aromatic nitrogens is 5. The van der Waals surface area contributed by atoms with Gasteiger partial charge in [-0.2, -0.15) is 5.10 Å². The molecule has 0 fully saturated rings. The fourth-order valence-corrected chi connectivity index (χ4v) is 2.57. The molecule has 114 valence electrons. The van der Waals surface area contributed by atoms with Gasteiger partial charge >= 0.3 is 5.97 Å². The molecule has 0 radical (unpaired) electrons. The molecule has 0 atom stereocenters. The van der Waals surface area contributed by atoms with Crippen molar-refractivity contribution in [1.29, 1.82) is 0 Å². The van der Waals surface area contributed by atoms with E-state index in [1.165, 1.54) is 0 Å². The molecule has 4 aromatic heterocycles. The molecular weight excluding hydrogens is 294 g/mol. The number of nitrogens with zero attached hydrogens (tertiary/aromatic N) is 5. The van der Waals surface area contributed by atoms with Gasteiger partial charge in [-0.1, -0.05) is 6.07 Å². The van der Waals surface area contributed by atoms with Gasteiger partial charge in [0.15, 0.2) is 5.65 Å². The Morgan fingerprint density at radius 2 is 2.09 bits per heavy atom. The van der Waals surface area contributed by atoms with Crippen LogP contribution in [0.3, 0.4) is 0 Å². The predicted molar refractivity (Wildman–Crippen MR) is 82.0 cm³/mol. The molecule has 23 heavy (non-hydrogen) atoms. The first-order valence-corrected chi connectivity index (χ1v) is 7.12. The number of esters is 1. The third kappa shape index (κ3) is 2.22. The zero-order valence-corrected chi connectivity index (χ0v) is 12.4. The average Bonchev–Trinajstić information content (AvgIpc) is 3.15. The quantitative estimate of drug-likeness (QED) is 0.542. The van der Waals surface area contributed by atoms with E-state index in [1.807, 2.05) is 28.8 Å². The number of carbonyl (C=O) groups is 1. The molecule has 0 unspecified atom stereocenters. The van der Waals surface area contributed by atoms with Crippen LogP contribution < -0.4 is 0 Å². The first-order valence-electron chi connectivity index (χ1n) is 7.12. The van der Waals surface area contributed by atoms with Crippen LogP contribution in [-0.4, -0.2) is 30.0 Å². The van der Waals surface area contributed by atoms with Crippen molar-refractivity contribution in [2.24, 2.45) is 0 Å². The van der Waals surface area contributed by atoms with Gasteiger partial charge in [0.25, 0.3) is 0 Å². The highest BCUT2D eigenvalue weighted by Gasteiger charge is 2.19. The smallest absolute Gasteiger partial charge is 0.344 e. The van der Waals surface area contributed by atoms with Gasteiger partial charge in [-0.15, -0.1) is 0 Å². The van der Waals surface area contributed by atoms with Crippen LogP contribution in [0.2, 0.25) is 0 Å². The second-order valence-corrected chi connectivity index (χ2v) is 5.10. The summed E-state index contributed by atoms with van der Waals surface area (Å²) in [4.78, 5) is 20.9.